The highest BCUT2D eigenvalue weighted by Crippen LogP contribution is 2.51. The van der Waals surface area contributed by atoms with Gasteiger partial charge in [0.2, 0.25) is 0 Å². The molecule has 0 radical (unpaired) electrons. The van der Waals surface area contributed by atoms with Crippen molar-refractivity contribution >= 4 is 32.6 Å². The third kappa shape index (κ3) is 4.18. The first-order valence-electron chi connectivity index (χ1n) is 23.2. The molecule has 50 heavy (non-hydrogen) atoms. The standard InChI is InChI=1S/C48H34N2/c1-48(2)41-21-11-10-16-35(41)36-29-26-33(30-42(36)48)46-39-19-8-6-17-37(39)45(38-18-7-9-20-40(38)46)31-24-27-34(28-25-31)50-44-23-13-12-22-43(44)49-47(50)32-14-4-3-5-15-32/h3-30H,1-2H3/i1D3,2D3,6D,7D,8D,9D,17D,18D,19D,20D. The topological polar surface area (TPSA) is 17.8 Å². The van der Waals surface area contributed by atoms with Gasteiger partial charge in [-0.2, -0.15) is 0 Å². The van der Waals surface area contributed by atoms with E-state index < -0.39 is 67.5 Å². The van der Waals surface area contributed by atoms with Gasteiger partial charge in [0.1, 0.15) is 5.82 Å². The first-order chi connectivity index (χ1) is 30.4. The van der Waals surface area contributed by atoms with E-state index in [1.54, 1.807) is 42.5 Å². The summed E-state index contributed by atoms with van der Waals surface area (Å²) in [4.78, 5) is 4.94. The summed E-state index contributed by atoms with van der Waals surface area (Å²) in [7, 11) is 0. The van der Waals surface area contributed by atoms with Crippen LogP contribution in [0.4, 0.5) is 0 Å². The van der Waals surface area contributed by atoms with E-state index in [1.807, 2.05) is 71.3 Å². The second-order valence-corrected chi connectivity index (χ2v) is 12.5. The molecule has 10 rings (SSSR count). The van der Waals surface area contributed by atoms with Gasteiger partial charge in [-0.15, -0.1) is 0 Å². The minimum absolute atomic E-state index is 0.0227. The zero-order valence-electron chi connectivity index (χ0n) is 40.4. The van der Waals surface area contributed by atoms with Crippen LogP contribution in [0.15, 0.2) is 170 Å². The Kier molecular flexibility index (Phi) is 3.91. The van der Waals surface area contributed by atoms with Crippen LogP contribution in [0.3, 0.4) is 0 Å². The molecule has 1 heterocycles. The molecule has 1 aromatic heterocycles. The molecule has 0 atom stereocenters. The van der Waals surface area contributed by atoms with Crippen LogP contribution in [-0.4, -0.2) is 9.55 Å². The lowest BCUT2D eigenvalue weighted by molar-refractivity contribution is 0.660. The van der Waals surface area contributed by atoms with E-state index in [4.69, 9.17) is 18.7 Å². The molecule has 0 fully saturated rings. The van der Waals surface area contributed by atoms with Crippen LogP contribution in [-0.2, 0) is 5.41 Å². The Morgan fingerprint density at radius 3 is 1.82 bits per heavy atom. The van der Waals surface area contributed by atoms with E-state index in [1.165, 1.54) is 12.1 Å². The fourth-order valence-corrected chi connectivity index (χ4v) is 7.48. The van der Waals surface area contributed by atoms with Crippen molar-refractivity contribution in [3.05, 3.63) is 181 Å². The van der Waals surface area contributed by atoms with Crippen LogP contribution in [0.1, 0.15) is 44.0 Å². The Labute approximate surface area is 311 Å². The van der Waals surface area contributed by atoms with Crippen molar-refractivity contribution in [1.29, 1.82) is 0 Å². The first kappa shape index (κ1) is 17.9. The van der Waals surface area contributed by atoms with Gasteiger partial charge < -0.3 is 0 Å². The number of nitrogens with zero attached hydrogens (tertiary/aromatic N) is 2. The molecule has 236 valence electrons. The fraction of sp³-hybridized carbons (Fsp3) is 0.0625. The number of rotatable bonds is 4. The van der Waals surface area contributed by atoms with Crippen molar-refractivity contribution < 1.29 is 19.2 Å². The summed E-state index contributed by atoms with van der Waals surface area (Å²) < 4.78 is 128. The van der Waals surface area contributed by atoms with Gasteiger partial charge in [0.15, 0.2) is 0 Å². The predicted molar refractivity (Wildman–Crippen MR) is 210 cm³/mol. The minimum atomic E-state index is -3.12. The third-order valence-corrected chi connectivity index (χ3v) is 9.72. The Bertz CT molecular complexity index is 3350. The lowest BCUT2D eigenvalue weighted by atomic mass is 9.80. The Hall–Kier alpha value is -6.25. The largest absolute Gasteiger partial charge is 0.292 e. The van der Waals surface area contributed by atoms with Crippen molar-refractivity contribution in [3.8, 4) is 50.5 Å². The maximum Gasteiger partial charge on any atom is 0.145 e. The maximum absolute atomic E-state index is 9.44. The molecule has 9 aromatic rings. The van der Waals surface area contributed by atoms with Crippen LogP contribution < -0.4 is 0 Å². The molecule has 1 aliphatic carbocycles. The van der Waals surface area contributed by atoms with E-state index in [0.29, 0.717) is 28.2 Å². The van der Waals surface area contributed by atoms with Gasteiger partial charge in [0, 0.05) is 24.9 Å². The second kappa shape index (κ2) is 10.9. The fourth-order valence-electron chi connectivity index (χ4n) is 7.48. The number of hydrogen-bond acceptors (Lipinski definition) is 1. The zero-order valence-corrected chi connectivity index (χ0v) is 26.4. The van der Waals surface area contributed by atoms with Crippen LogP contribution in [0, 0.1) is 0 Å². The molecular formula is C48H34N2. The summed E-state index contributed by atoms with van der Waals surface area (Å²) in [6.07, 6.45) is 0. The van der Waals surface area contributed by atoms with Crippen LogP contribution in [0.5, 0.6) is 0 Å². The summed E-state index contributed by atoms with van der Waals surface area (Å²) in [5.74, 6) is 0.677. The molecule has 2 heteroatoms. The predicted octanol–water partition coefficient (Wildman–Crippen LogP) is 12.6. The molecule has 0 aliphatic heterocycles. The molecular weight excluding hydrogens is 605 g/mol. The van der Waals surface area contributed by atoms with Crippen molar-refractivity contribution in [2.75, 3.05) is 0 Å². The highest BCUT2D eigenvalue weighted by molar-refractivity contribution is 6.21. The third-order valence-electron chi connectivity index (χ3n) is 9.72. The maximum atomic E-state index is 9.44. The van der Waals surface area contributed by atoms with Gasteiger partial charge in [-0.25, -0.2) is 4.98 Å². The van der Waals surface area contributed by atoms with Gasteiger partial charge in [-0.3, -0.25) is 4.57 Å². The van der Waals surface area contributed by atoms with Crippen LogP contribution in [0.25, 0.3) is 83.0 Å². The van der Waals surface area contributed by atoms with E-state index >= 15 is 0 Å². The van der Waals surface area contributed by atoms with Crippen molar-refractivity contribution in [1.82, 2.24) is 9.55 Å². The molecule has 8 aromatic carbocycles. The smallest absolute Gasteiger partial charge is 0.145 e. The number of benzene rings is 8. The van der Waals surface area contributed by atoms with E-state index in [9.17, 15) is 5.48 Å². The van der Waals surface area contributed by atoms with Crippen LogP contribution >= 0.6 is 0 Å². The van der Waals surface area contributed by atoms with Gasteiger partial charge in [0.05, 0.1) is 22.0 Å². The lowest BCUT2D eigenvalue weighted by Gasteiger charge is -2.23. The number of hydrogen-bond donors (Lipinski definition) is 0. The molecule has 2 nitrogen and oxygen atoms in total. The van der Waals surface area contributed by atoms with Gasteiger partial charge in [-0.1, -0.05) is 153 Å². The molecule has 0 saturated carbocycles. The molecule has 0 bridgehead atoms. The van der Waals surface area contributed by atoms with Gasteiger partial charge >= 0.3 is 0 Å². The van der Waals surface area contributed by atoms with E-state index in [2.05, 4.69) is 0 Å². The Morgan fingerprint density at radius 2 is 1.12 bits per heavy atom. The lowest BCUT2D eigenvalue weighted by Crippen LogP contribution is -2.14. The molecule has 0 N–H and O–H groups in total. The van der Waals surface area contributed by atoms with Crippen molar-refractivity contribution in [2.45, 2.75) is 19.1 Å². The average Bonchev–Trinajstić information content (AvgIpc) is 3.83. The minimum Gasteiger partial charge on any atom is -0.292 e. The Morgan fingerprint density at radius 1 is 0.540 bits per heavy atom. The van der Waals surface area contributed by atoms with Crippen LogP contribution in [0.2, 0.25) is 0 Å². The molecule has 0 unspecified atom stereocenters. The number of fused-ring (bicyclic) bond motifs is 6. The number of imidazole rings is 1. The zero-order chi connectivity index (χ0) is 45.4. The number of aromatic nitrogens is 2. The molecule has 1 aliphatic rings. The van der Waals surface area contributed by atoms with Crippen molar-refractivity contribution in [3.63, 3.8) is 0 Å². The average molecular weight is 653 g/mol. The molecule has 0 amide bonds. The summed E-state index contributed by atoms with van der Waals surface area (Å²) in [5, 5.41) is -0.242. The normalized spacial score (nSPS) is 17.7. The molecule has 0 spiro atoms. The highest BCUT2D eigenvalue weighted by Gasteiger charge is 2.35. The summed E-state index contributed by atoms with van der Waals surface area (Å²) >= 11 is 0. The first-order valence-corrected chi connectivity index (χ1v) is 16.2. The van der Waals surface area contributed by atoms with Crippen molar-refractivity contribution in [2.24, 2.45) is 0 Å². The van der Waals surface area contributed by atoms with E-state index in [-0.39, 0.29) is 49.4 Å². The molecule has 0 saturated heterocycles. The van der Waals surface area contributed by atoms with Gasteiger partial charge in [0.25, 0.3) is 0 Å². The van der Waals surface area contributed by atoms with E-state index in [0.717, 1.165) is 16.6 Å². The highest BCUT2D eigenvalue weighted by atomic mass is 15.1. The van der Waals surface area contributed by atoms with Gasteiger partial charge in [-0.05, 0) is 96.4 Å². The Balaban J connectivity index is 1.32. The number of para-hydroxylation sites is 2. The summed E-state index contributed by atoms with van der Waals surface area (Å²) in [6, 6.07) is 31.1. The monoisotopic (exact) mass is 652 g/mol. The quantitative estimate of drug-likeness (QED) is 0.173. The SMILES string of the molecule is [2H]c1c([2H])c([2H])c2c(-c3ccc4c(c3)C(C([2H])([2H])[2H])(C([2H])([2H])[2H])c3ccccc3-4)c3c([2H])c([2H])c([2H])c([2H])c3c(-c3ccc(-n4c(-c5ccccc5)nc5ccccc54)cc3)c2c1[2H]. The summed E-state index contributed by atoms with van der Waals surface area (Å²) in [5.41, 5.74) is 2.03. The summed E-state index contributed by atoms with van der Waals surface area (Å²) in [6.45, 7) is -6.23. The second-order valence-electron chi connectivity index (χ2n) is 12.5.